The zero-order chi connectivity index (χ0) is 16.7. The number of ether oxygens (including phenoxy) is 1. The zero-order valence-corrected chi connectivity index (χ0v) is 14.2. The molecular weight excluding hydrogens is 292 g/mol. The number of fused-ring (bicyclic) bond motifs is 1. The lowest BCUT2D eigenvalue weighted by atomic mass is 10.1. The first kappa shape index (κ1) is 17.8. The monoisotopic (exact) mass is 320 g/mol. The molecule has 0 fully saturated rings. The van der Waals surface area contributed by atoms with Crippen molar-refractivity contribution in [2.24, 2.45) is 0 Å². The van der Waals surface area contributed by atoms with Crippen molar-refractivity contribution >= 4 is 11.6 Å². The maximum absolute atomic E-state index is 12.4. The van der Waals surface area contributed by atoms with Gasteiger partial charge in [0.05, 0.1) is 12.7 Å². The SMILES string of the molecule is CCCC(O)CN1CCC(=O)N(CCOC)Cc2ccccc21. The van der Waals surface area contributed by atoms with Crippen molar-refractivity contribution in [3.8, 4) is 0 Å². The highest BCUT2D eigenvalue weighted by Crippen LogP contribution is 2.25. The van der Waals surface area contributed by atoms with Gasteiger partial charge in [0.2, 0.25) is 5.91 Å². The van der Waals surface area contributed by atoms with Gasteiger partial charge in [0, 0.05) is 45.4 Å². The van der Waals surface area contributed by atoms with Crippen molar-refractivity contribution in [2.45, 2.75) is 38.8 Å². The molecule has 1 aliphatic rings. The van der Waals surface area contributed by atoms with Crippen LogP contribution in [0.2, 0.25) is 0 Å². The Balaban J connectivity index is 2.19. The Kier molecular flexibility index (Phi) is 6.86. The van der Waals surface area contributed by atoms with E-state index in [1.807, 2.05) is 17.0 Å². The van der Waals surface area contributed by atoms with Crippen LogP contribution in [0.3, 0.4) is 0 Å². The highest BCUT2D eigenvalue weighted by Gasteiger charge is 2.23. The third-order valence-corrected chi connectivity index (χ3v) is 4.26. The number of hydrogen-bond acceptors (Lipinski definition) is 4. The lowest BCUT2D eigenvalue weighted by molar-refractivity contribution is -0.132. The lowest BCUT2D eigenvalue weighted by Gasteiger charge is -2.34. The third kappa shape index (κ3) is 4.94. The summed E-state index contributed by atoms with van der Waals surface area (Å²) in [5.41, 5.74) is 2.25. The molecule has 0 saturated heterocycles. The molecule has 1 aromatic rings. The minimum absolute atomic E-state index is 0.145. The molecule has 0 bridgehead atoms. The summed E-state index contributed by atoms with van der Waals surface area (Å²) in [6.45, 7) is 5.05. The molecule has 0 radical (unpaired) electrons. The number of amides is 1. The number of carbonyl (C=O) groups is 1. The highest BCUT2D eigenvalue weighted by molar-refractivity contribution is 5.78. The van der Waals surface area contributed by atoms with E-state index in [4.69, 9.17) is 4.74 Å². The molecule has 5 nitrogen and oxygen atoms in total. The molecule has 23 heavy (non-hydrogen) atoms. The summed E-state index contributed by atoms with van der Waals surface area (Å²) in [5.74, 6) is 0.145. The van der Waals surface area contributed by atoms with Crippen LogP contribution in [0.15, 0.2) is 24.3 Å². The van der Waals surface area contributed by atoms with Gasteiger partial charge < -0.3 is 19.6 Å². The topological polar surface area (TPSA) is 53.0 Å². The van der Waals surface area contributed by atoms with Crippen LogP contribution in [0, 0.1) is 0 Å². The van der Waals surface area contributed by atoms with E-state index in [2.05, 4.69) is 24.0 Å². The largest absolute Gasteiger partial charge is 0.391 e. The van der Waals surface area contributed by atoms with E-state index in [9.17, 15) is 9.90 Å². The second-order valence-corrected chi connectivity index (χ2v) is 6.08. The van der Waals surface area contributed by atoms with E-state index in [0.29, 0.717) is 39.2 Å². The Labute approximate surface area is 138 Å². The van der Waals surface area contributed by atoms with Crippen LogP contribution in [0.1, 0.15) is 31.7 Å². The van der Waals surface area contributed by atoms with Gasteiger partial charge in [-0.05, 0) is 18.1 Å². The number of nitrogens with zero attached hydrogens (tertiary/aromatic N) is 2. The van der Waals surface area contributed by atoms with Crippen LogP contribution in [0.25, 0.3) is 0 Å². The quantitative estimate of drug-likeness (QED) is 0.835. The van der Waals surface area contributed by atoms with Gasteiger partial charge in [-0.2, -0.15) is 0 Å². The minimum Gasteiger partial charge on any atom is -0.391 e. The molecule has 0 saturated carbocycles. The number of aliphatic hydroxyl groups is 1. The Morgan fingerprint density at radius 3 is 2.83 bits per heavy atom. The predicted octanol–water partition coefficient (Wildman–Crippen LogP) is 2.03. The molecule has 5 heteroatoms. The number of benzene rings is 1. The highest BCUT2D eigenvalue weighted by atomic mass is 16.5. The molecule has 1 heterocycles. The van der Waals surface area contributed by atoms with Gasteiger partial charge in [0.25, 0.3) is 0 Å². The van der Waals surface area contributed by atoms with Crippen LogP contribution < -0.4 is 4.90 Å². The standard InChI is InChI=1S/C18H28N2O3/c1-3-6-16(21)14-19-10-9-18(22)20(11-12-23-2)13-15-7-4-5-8-17(15)19/h4-5,7-8,16,21H,3,6,9-14H2,1-2H3. The summed E-state index contributed by atoms with van der Waals surface area (Å²) in [6.07, 6.45) is 1.86. The lowest BCUT2D eigenvalue weighted by Crippen LogP contribution is -2.41. The van der Waals surface area contributed by atoms with Crippen molar-refractivity contribution in [1.29, 1.82) is 0 Å². The molecule has 0 aromatic heterocycles. The molecule has 1 amide bonds. The average molecular weight is 320 g/mol. The summed E-state index contributed by atoms with van der Waals surface area (Å²) in [5, 5.41) is 10.2. The Bertz CT molecular complexity index is 507. The van der Waals surface area contributed by atoms with E-state index in [1.54, 1.807) is 7.11 Å². The predicted molar refractivity (Wildman–Crippen MR) is 91.5 cm³/mol. The first-order chi connectivity index (χ1) is 11.2. The number of carbonyl (C=O) groups excluding carboxylic acids is 1. The fourth-order valence-electron chi connectivity index (χ4n) is 3.03. The van der Waals surface area contributed by atoms with Gasteiger partial charge in [-0.15, -0.1) is 0 Å². The average Bonchev–Trinajstić information content (AvgIpc) is 2.54. The van der Waals surface area contributed by atoms with Crippen LogP contribution >= 0.6 is 0 Å². The fraction of sp³-hybridized carbons (Fsp3) is 0.611. The molecule has 0 spiro atoms. The van der Waals surface area contributed by atoms with Crippen molar-refractivity contribution in [1.82, 2.24) is 4.90 Å². The molecular formula is C18H28N2O3. The molecule has 1 unspecified atom stereocenters. The maximum Gasteiger partial charge on any atom is 0.224 e. The van der Waals surface area contributed by atoms with Gasteiger partial charge in [0.1, 0.15) is 0 Å². The molecule has 128 valence electrons. The van der Waals surface area contributed by atoms with Crippen molar-refractivity contribution in [3.63, 3.8) is 0 Å². The number of rotatable bonds is 7. The number of β-amino-alcohol motifs (C(OH)–C–C–N with tert-alkyl or cyclic N) is 1. The first-order valence-corrected chi connectivity index (χ1v) is 8.43. The zero-order valence-electron chi connectivity index (χ0n) is 14.2. The Morgan fingerprint density at radius 2 is 2.09 bits per heavy atom. The van der Waals surface area contributed by atoms with Crippen molar-refractivity contribution in [3.05, 3.63) is 29.8 Å². The number of para-hydroxylation sites is 1. The van der Waals surface area contributed by atoms with Gasteiger partial charge >= 0.3 is 0 Å². The van der Waals surface area contributed by atoms with E-state index in [-0.39, 0.29) is 12.0 Å². The summed E-state index contributed by atoms with van der Waals surface area (Å²) >= 11 is 0. The summed E-state index contributed by atoms with van der Waals surface area (Å²) in [4.78, 5) is 16.4. The van der Waals surface area contributed by atoms with Crippen LogP contribution in [0.5, 0.6) is 0 Å². The Hall–Kier alpha value is -1.59. The van der Waals surface area contributed by atoms with Gasteiger partial charge in [-0.3, -0.25) is 4.79 Å². The van der Waals surface area contributed by atoms with Crippen molar-refractivity contribution < 1.29 is 14.6 Å². The third-order valence-electron chi connectivity index (χ3n) is 4.26. The molecule has 0 aliphatic carbocycles. The second-order valence-electron chi connectivity index (χ2n) is 6.08. The van der Waals surface area contributed by atoms with E-state index in [0.717, 1.165) is 24.1 Å². The number of aliphatic hydroxyl groups excluding tert-OH is 1. The summed E-state index contributed by atoms with van der Waals surface area (Å²) in [7, 11) is 1.65. The summed E-state index contributed by atoms with van der Waals surface area (Å²) < 4.78 is 5.12. The van der Waals surface area contributed by atoms with Gasteiger partial charge in [-0.1, -0.05) is 31.5 Å². The molecule has 1 N–H and O–H groups in total. The number of methoxy groups -OCH3 is 1. The summed E-state index contributed by atoms with van der Waals surface area (Å²) in [6, 6.07) is 8.16. The van der Waals surface area contributed by atoms with Gasteiger partial charge in [-0.25, -0.2) is 0 Å². The maximum atomic E-state index is 12.4. The van der Waals surface area contributed by atoms with Gasteiger partial charge in [0.15, 0.2) is 0 Å². The van der Waals surface area contributed by atoms with Crippen LogP contribution in [-0.2, 0) is 16.1 Å². The smallest absolute Gasteiger partial charge is 0.224 e. The van der Waals surface area contributed by atoms with Crippen LogP contribution in [-0.4, -0.2) is 55.4 Å². The van der Waals surface area contributed by atoms with E-state index >= 15 is 0 Å². The molecule has 1 aliphatic heterocycles. The minimum atomic E-state index is -0.354. The molecule has 1 atom stereocenters. The molecule has 1 aromatic carbocycles. The van der Waals surface area contributed by atoms with Crippen molar-refractivity contribution in [2.75, 3.05) is 38.3 Å². The Morgan fingerprint density at radius 1 is 1.30 bits per heavy atom. The van der Waals surface area contributed by atoms with Crippen LogP contribution in [0.4, 0.5) is 5.69 Å². The second kappa shape index (κ2) is 8.89. The van der Waals surface area contributed by atoms with E-state index in [1.165, 1.54) is 0 Å². The number of hydrogen-bond donors (Lipinski definition) is 1. The normalized spacial score (nSPS) is 16.7. The first-order valence-electron chi connectivity index (χ1n) is 8.43. The number of anilines is 1. The fourth-order valence-corrected chi connectivity index (χ4v) is 3.03. The molecule has 2 rings (SSSR count). The van der Waals surface area contributed by atoms with E-state index < -0.39 is 0 Å².